The second-order valence-electron chi connectivity index (χ2n) is 4.54. The molecule has 1 aliphatic rings. The van der Waals surface area contributed by atoms with E-state index in [9.17, 15) is 14.3 Å². The van der Waals surface area contributed by atoms with E-state index >= 15 is 0 Å². The average Bonchev–Trinajstić information content (AvgIpc) is 2.39. The van der Waals surface area contributed by atoms with Crippen LogP contribution in [0.3, 0.4) is 0 Å². The van der Waals surface area contributed by atoms with E-state index in [2.05, 4.69) is 0 Å². The fourth-order valence-electron chi connectivity index (χ4n) is 2.28. The number of nitrogen functional groups attached to an aromatic ring is 1. The van der Waals surface area contributed by atoms with Crippen LogP contribution in [-0.4, -0.2) is 14.4 Å². The minimum atomic E-state index is -1.16. The Balaban J connectivity index is 2.24. The lowest BCUT2D eigenvalue weighted by Crippen LogP contribution is -2.18. The Hall–Kier alpha value is -1.43. The highest BCUT2D eigenvalue weighted by molar-refractivity contribution is 7.85. The van der Waals surface area contributed by atoms with Gasteiger partial charge in [0.05, 0.1) is 15.7 Å². The number of nitrogens with two attached hydrogens (primary N) is 1. The smallest absolute Gasteiger partial charge is 0.293 e. The molecule has 98 valence electrons. The van der Waals surface area contributed by atoms with E-state index in [0.717, 1.165) is 25.7 Å². The molecule has 5 nitrogen and oxygen atoms in total. The molecule has 0 spiro atoms. The van der Waals surface area contributed by atoms with Crippen molar-refractivity contribution in [1.82, 2.24) is 0 Å². The molecule has 0 amide bonds. The molecule has 0 aromatic heterocycles. The van der Waals surface area contributed by atoms with Gasteiger partial charge in [-0.05, 0) is 25.0 Å². The molecule has 1 fully saturated rings. The summed E-state index contributed by atoms with van der Waals surface area (Å²) in [7, 11) is -1.16. The molecule has 1 saturated carbocycles. The third-order valence-electron chi connectivity index (χ3n) is 3.29. The van der Waals surface area contributed by atoms with Crippen molar-refractivity contribution in [2.24, 2.45) is 0 Å². The zero-order valence-electron chi connectivity index (χ0n) is 10.0. The van der Waals surface area contributed by atoms with E-state index in [-0.39, 0.29) is 16.6 Å². The van der Waals surface area contributed by atoms with E-state index < -0.39 is 15.7 Å². The van der Waals surface area contributed by atoms with Gasteiger partial charge in [0.1, 0.15) is 5.69 Å². The topological polar surface area (TPSA) is 86.2 Å². The van der Waals surface area contributed by atoms with Crippen LogP contribution in [0.15, 0.2) is 23.1 Å². The maximum absolute atomic E-state index is 12.3. The first kappa shape index (κ1) is 13.0. The zero-order valence-corrected chi connectivity index (χ0v) is 10.8. The van der Waals surface area contributed by atoms with Crippen molar-refractivity contribution >= 4 is 22.2 Å². The van der Waals surface area contributed by atoms with Crippen LogP contribution in [0, 0.1) is 10.1 Å². The van der Waals surface area contributed by atoms with Crippen LogP contribution in [-0.2, 0) is 10.8 Å². The van der Waals surface area contributed by atoms with Crippen LogP contribution in [0.4, 0.5) is 11.4 Å². The van der Waals surface area contributed by atoms with E-state index in [1.54, 1.807) is 6.07 Å². The Morgan fingerprint density at radius 3 is 2.56 bits per heavy atom. The second kappa shape index (κ2) is 5.48. The summed E-state index contributed by atoms with van der Waals surface area (Å²) in [5.74, 6) is 0. The fraction of sp³-hybridized carbons (Fsp3) is 0.500. The van der Waals surface area contributed by atoms with Crippen molar-refractivity contribution < 1.29 is 9.13 Å². The van der Waals surface area contributed by atoms with Gasteiger partial charge in [0.25, 0.3) is 5.69 Å². The first-order valence-corrected chi connectivity index (χ1v) is 7.25. The molecular weight excluding hydrogens is 252 g/mol. The summed E-state index contributed by atoms with van der Waals surface area (Å²) in [5.41, 5.74) is 5.49. The van der Waals surface area contributed by atoms with Crippen LogP contribution >= 0.6 is 0 Å². The quantitative estimate of drug-likeness (QED) is 0.518. The number of nitrogens with zero attached hydrogens (tertiary/aromatic N) is 1. The summed E-state index contributed by atoms with van der Waals surface area (Å²) in [6, 6.07) is 4.45. The van der Waals surface area contributed by atoms with Gasteiger partial charge < -0.3 is 5.73 Å². The molecule has 1 atom stereocenters. The molecule has 0 radical (unpaired) electrons. The van der Waals surface area contributed by atoms with Crippen molar-refractivity contribution in [3.05, 3.63) is 28.3 Å². The van der Waals surface area contributed by atoms with Gasteiger partial charge in [0.15, 0.2) is 0 Å². The molecule has 0 heterocycles. The van der Waals surface area contributed by atoms with Gasteiger partial charge in [-0.25, -0.2) is 0 Å². The Morgan fingerprint density at radius 2 is 1.94 bits per heavy atom. The standard InChI is InChI=1S/C12H16N2O3S/c13-11-7-6-10(8-12(11)14(15)16)18(17)9-4-2-1-3-5-9/h6-9H,1-5,13H2. The van der Waals surface area contributed by atoms with Gasteiger partial charge >= 0.3 is 0 Å². The predicted molar refractivity (Wildman–Crippen MR) is 70.8 cm³/mol. The van der Waals surface area contributed by atoms with Crippen LogP contribution in [0.25, 0.3) is 0 Å². The molecule has 0 bridgehead atoms. The first-order chi connectivity index (χ1) is 8.59. The maximum Gasteiger partial charge on any atom is 0.293 e. The number of hydrogen-bond acceptors (Lipinski definition) is 4. The molecule has 0 aliphatic heterocycles. The predicted octanol–water partition coefficient (Wildman–Crippen LogP) is 2.62. The number of rotatable bonds is 3. The molecule has 1 aromatic carbocycles. The SMILES string of the molecule is Nc1ccc(S(=O)C2CCCCC2)cc1[N+](=O)[O-]. The normalized spacial score (nSPS) is 18.4. The summed E-state index contributed by atoms with van der Waals surface area (Å²) < 4.78 is 12.3. The molecule has 6 heteroatoms. The number of benzene rings is 1. The molecule has 0 saturated heterocycles. The molecule has 1 aliphatic carbocycles. The first-order valence-electron chi connectivity index (χ1n) is 6.04. The minimum absolute atomic E-state index is 0.115. The van der Waals surface area contributed by atoms with E-state index in [1.165, 1.54) is 18.6 Å². The molecule has 1 aromatic rings. The van der Waals surface area contributed by atoms with Gasteiger partial charge in [0.2, 0.25) is 0 Å². The van der Waals surface area contributed by atoms with Crippen molar-refractivity contribution in [3.63, 3.8) is 0 Å². The Kier molecular flexibility index (Phi) is 3.96. The highest BCUT2D eigenvalue weighted by Gasteiger charge is 2.23. The number of anilines is 1. The largest absolute Gasteiger partial charge is 0.393 e. The van der Waals surface area contributed by atoms with Crippen molar-refractivity contribution in [2.75, 3.05) is 5.73 Å². The van der Waals surface area contributed by atoms with Crippen LogP contribution in [0.5, 0.6) is 0 Å². The summed E-state index contributed by atoms with van der Waals surface area (Å²) in [5, 5.41) is 10.9. The lowest BCUT2D eigenvalue weighted by molar-refractivity contribution is -0.384. The third-order valence-corrected chi connectivity index (χ3v) is 5.08. The highest BCUT2D eigenvalue weighted by atomic mass is 32.2. The van der Waals surface area contributed by atoms with E-state index in [1.807, 2.05) is 0 Å². The van der Waals surface area contributed by atoms with Gasteiger partial charge in [-0.1, -0.05) is 19.3 Å². The Labute approximate surface area is 108 Å². The summed E-state index contributed by atoms with van der Waals surface area (Å²) >= 11 is 0. The highest BCUT2D eigenvalue weighted by Crippen LogP contribution is 2.29. The van der Waals surface area contributed by atoms with Gasteiger partial charge in [0, 0.05) is 16.2 Å². The Morgan fingerprint density at radius 1 is 1.28 bits per heavy atom. The third kappa shape index (κ3) is 2.69. The summed E-state index contributed by atoms with van der Waals surface area (Å²) in [6.07, 6.45) is 5.24. The number of hydrogen-bond donors (Lipinski definition) is 1. The molecule has 2 N–H and O–H groups in total. The number of nitro benzene ring substituents is 1. The monoisotopic (exact) mass is 268 g/mol. The van der Waals surface area contributed by atoms with E-state index in [0.29, 0.717) is 4.90 Å². The number of nitro groups is 1. The molecule has 1 unspecified atom stereocenters. The van der Waals surface area contributed by atoms with Crippen molar-refractivity contribution in [2.45, 2.75) is 42.2 Å². The summed E-state index contributed by atoms with van der Waals surface area (Å²) in [6.45, 7) is 0. The molecule has 18 heavy (non-hydrogen) atoms. The molecular formula is C12H16N2O3S. The maximum atomic E-state index is 12.3. The Bertz CT molecular complexity index is 484. The zero-order chi connectivity index (χ0) is 13.1. The second-order valence-corrected chi connectivity index (χ2v) is 6.27. The van der Waals surface area contributed by atoms with Gasteiger partial charge in [-0.15, -0.1) is 0 Å². The average molecular weight is 268 g/mol. The van der Waals surface area contributed by atoms with Crippen molar-refractivity contribution in [3.8, 4) is 0 Å². The van der Waals surface area contributed by atoms with Crippen molar-refractivity contribution in [1.29, 1.82) is 0 Å². The van der Waals surface area contributed by atoms with E-state index in [4.69, 9.17) is 5.73 Å². The van der Waals surface area contributed by atoms with Gasteiger partial charge in [-0.3, -0.25) is 14.3 Å². The van der Waals surface area contributed by atoms with Gasteiger partial charge in [-0.2, -0.15) is 0 Å². The lowest BCUT2D eigenvalue weighted by atomic mass is 10.0. The minimum Gasteiger partial charge on any atom is -0.393 e. The lowest BCUT2D eigenvalue weighted by Gasteiger charge is -2.20. The summed E-state index contributed by atoms with van der Waals surface area (Å²) in [4.78, 5) is 10.8. The van der Waals surface area contributed by atoms with Crippen LogP contribution in [0.2, 0.25) is 0 Å². The fourth-order valence-corrected chi connectivity index (χ4v) is 3.85. The molecule has 2 rings (SSSR count). The van der Waals surface area contributed by atoms with Crippen LogP contribution < -0.4 is 5.73 Å². The van der Waals surface area contributed by atoms with Crippen LogP contribution in [0.1, 0.15) is 32.1 Å².